The Labute approximate surface area is 182 Å². The lowest BCUT2D eigenvalue weighted by Crippen LogP contribution is -2.26. The summed E-state index contributed by atoms with van der Waals surface area (Å²) in [5, 5.41) is 29.5. The third kappa shape index (κ3) is 7.36. The molecule has 0 aliphatic heterocycles. The fraction of sp³-hybridized carbons (Fsp3) is 0.652. The molecule has 168 valence electrons. The minimum Gasteiger partial charge on any atom is -0.481 e. The van der Waals surface area contributed by atoms with Gasteiger partial charge in [-0.2, -0.15) is 11.8 Å². The molecule has 1 aliphatic rings. The summed E-state index contributed by atoms with van der Waals surface area (Å²) < 4.78 is 13.1. The van der Waals surface area contributed by atoms with Gasteiger partial charge in [-0.1, -0.05) is 44.7 Å². The second-order valence-corrected chi connectivity index (χ2v) is 9.38. The molecule has 1 aromatic rings. The molecule has 0 aromatic heterocycles. The molecule has 3 N–H and O–H groups in total. The van der Waals surface area contributed by atoms with E-state index < -0.39 is 24.1 Å². The third-order valence-electron chi connectivity index (χ3n) is 5.78. The summed E-state index contributed by atoms with van der Waals surface area (Å²) in [7, 11) is 0. The number of carboxylic acid groups (broad SMARTS) is 1. The summed E-state index contributed by atoms with van der Waals surface area (Å²) in [6.45, 7) is 2.01. The number of carboxylic acids is 1. The van der Waals surface area contributed by atoms with Crippen LogP contribution in [0.25, 0.3) is 0 Å². The van der Waals surface area contributed by atoms with E-state index in [1.165, 1.54) is 36.0 Å². The summed E-state index contributed by atoms with van der Waals surface area (Å²) >= 11 is 1.49. The van der Waals surface area contributed by atoms with Crippen molar-refractivity contribution in [1.29, 1.82) is 0 Å². The first-order valence-electron chi connectivity index (χ1n) is 10.8. The fourth-order valence-corrected chi connectivity index (χ4v) is 5.58. The van der Waals surface area contributed by atoms with Crippen molar-refractivity contribution in [1.82, 2.24) is 0 Å². The number of ketones is 1. The normalized spacial score (nSPS) is 23.5. The van der Waals surface area contributed by atoms with E-state index in [-0.39, 0.29) is 29.2 Å². The number of carbonyl (C=O) groups is 2. The van der Waals surface area contributed by atoms with Crippen molar-refractivity contribution in [3.8, 4) is 0 Å². The molecule has 3 unspecified atom stereocenters. The summed E-state index contributed by atoms with van der Waals surface area (Å²) in [5.41, 5.74) is 0.597. The van der Waals surface area contributed by atoms with E-state index in [9.17, 15) is 29.3 Å². The zero-order valence-corrected chi connectivity index (χ0v) is 18.3. The number of aliphatic hydroxyl groups excluding tert-OH is 2. The molecule has 5 nitrogen and oxygen atoms in total. The Morgan fingerprint density at radius 3 is 2.53 bits per heavy atom. The smallest absolute Gasteiger partial charge is 0.310 e. The highest BCUT2D eigenvalue weighted by atomic mass is 32.2. The van der Waals surface area contributed by atoms with Gasteiger partial charge in [-0.15, -0.1) is 0 Å². The number of hydrogen-bond donors (Lipinski definition) is 3. The molecule has 30 heavy (non-hydrogen) atoms. The monoisotopic (exact) mass is 440 g/mol. The number of thioether (sulfide) groups is 1. The Morgan fingerprint density at radius 1 is 1.20 bits per heavy atom. The Kier molecular flexibility index (Phi) is 10.3. The lowest BCUT2D eigenvalue weighted by molar-refractivity contribution is -0.139. The van der Waals surface area contributed by atoms with Gasteiger partial charge in [0.05, 0.1) is 18.1 Å². The van der Waals surface area contributed by atoms with E-state index in [1.807, 2.05) is 6.92 Å². The van der Waals surface area contributed by atoms with Gasteiger partial charge in [0.25, 0.3) is 0 Å². The fourth-order valence-electron chi connectivity index (χ4n) is 4.13. The lowest BCUT2D eigenvalue weighted by Gasteiger charge is -2.22. The van der Waals surface area contributed by atoms with Crippen LogP contribution in [0.5, 0.6) is 0 Å². The minimum atomic E-state index is -0.919. The van der Waals surface area contributed by atoms with Crippen molar-refractivity contribution in [3.05, 3.63) is 35.6 Å². The molecule has 1 aromatic carbocycles. The van der Waals surface area contributed by atoms with Crippen molar-refractivity contribution in [3.63, 3.8) is 0 Å². The number of aliphatic hydroxyl groups is 2. The van der Waals surface area contributed by atoms with Gasteiger partial charge in [-0.3, -0.25) is 9.59 Å². The highest BCUT2D eigenvalue weighted by molar-refractivity contribution is 8.00. The van der Waals surface area contributed by atoms with Crippen molar-refractivity contribution >= 4 is 23.5 Å². The van der Waals surface area contributed by atoms with Gasteiger partial charge in [0, 0.05) is 23.3 Å². The largest absolute Gasteiger partial charge is 0.481 e. The summed E-state index contributed by atoms with van der Waals surface area (Å²) in [4.78, 5) is 23.9. The molecule has 1 fully saturated rings. The molecule has 1 saturated carbocycles. The van der Waals surface area contributed by atoms with Crippen LogP contribution in [-0.2, 0) is 9.59 Å². The zero-order chi connectivity index (χ0) is 22.1. The number of halogens is 1. The van der Waals surface area contributed by atoms with E-state index in [2.05, 4.69) is 0 Å². The Hall–Kier alpha value is -1.44. The van der Waals surface area contributed by atoms with E-state index >= 15 is 0 Å². The summed E-state index contributed by atoms with van der Waals surface area (Å²) in [6.07, 6.45) is 4.13. The maximum Gasteiger partial charge on any atom is 0.310 e. The lowest BCUT2D eigenvalue weighted by atomic mass is 9.92. The Bertz CT molecular complexity index is 681. The van der Waals surface area contributed by atoms with Crippen molar-refractivity contribution in [2.24, 2.45) is 5.92 Å². The molecule has 0 saturated heterocycles. The van der Waals surface area contributed by atoms with Gasteiger partial charge in [0.15, 0.2) is 0 Å². The van der Waals surface area contributed by atoms with Crippen LogP contribution in [0.15, 0.2) is 24.3 Å². The highest BCUT2D eigenvalue weighted by Crippen LogP contribution is 2.37. The first-order valence-corrected chi connectivity index (χ1v) is 11.9. The summed E-state index contributed by atoms with van der Waals surface area (Å²) in [5.74, 6) is -1.56. The average molecular weight is 441 g/mol. The second kappa shape index (κ2) is 12.4. The number of hydrogen-bond acceptors (Lipinski definition) is 5. The molecule has 0 spiro atoms. The van der Waals surface area contributed by atoms with E-state index in [0.29, 0.717) is 37.0 Å². The SMILES string of the molecule is CCCC(O)CS[C@H]1C(O)CC(=O)[C@@H]1CCCCCC(C(=O)O)c1ccc(F)cc1. The van der Waals surface area contributed by atoms with E-state index in [4.69, 9.17) is 0 Å². The van der Waals surface area contributed by atoms with Crippen LogP contribution in [0.1, 0.15) is 69.8 Å². The molecular weight excluding hydrogens is 407 g/mol. The molecule has 0 amide bonds. The van der Waals surface area contributed by atoms with E-state index in [0.717, 1.165) is 19.3 Å². The number of aliphatic carboxylic acids is 1. The number of carbonyl (C=O) groups excluding carboxylic acids is 1. The number of rotatable bonds is 13. The Balaban J connectivity index is 1.78. The molecular formula is C23H33FO5S. The van der Waals surface area contributed by atoms with Gasteiger partial charge < -0.3 is 15.3 Å². The molecule has 2 rings (SSSR count). The van der Waals surface area contributed by atoms with Gasteiger partial charge in [0.2, 0.25) is 0 Å². The van der Waals surface area contributed by atoms with Gasteiger partial charge in [-0.05, 0) is 37.0 Å². The zero-order valence-electron chi connectivity index (χ0n) is 17.5. The first-order chi connectivity index (χ1) is 14.3. The number of Topliss-reactive ketones (excluding diaryl/α,β-unsaturated/α-hetero) is 1. The quantitative estimate of drug-likeness (QED) is 0.399. The van der Waals surface area contributed by atoms with Crippen molar-refractivity contribution < 1.29 is 29.3 Å². The highest BCUT2D eigenvalue weighted by Gasteiger charge is 2.41. The number of unbranched alkanes of at least 4 members (excludes halogenated alkanes) is 2. The third-order valence-corrected chi connectivity index (χ3v) is 7.39. The van der Waals surface area contributed by atoms with Crippen LogP contribution in [0, 0.1) is 11.7 Å². The molecule has 0 radical (unpaired) electrons. The van der Waals surface area contributed by atoms with Crippen LogP contribution >= 0.6 is 11.8 Å². The van der Waals surface area contributed by atoms with Gasteiger partial charge >= 0.3 is 5.97 Å². The summed E-state index contributed by atoms with van der Waals surface area (Å²) in [6, 6.07) is 5.58. The first kappa shape index (κ1) is 24.8. The predicted molar refractivity (Wildman–Crippen MR) is 116 cm³/mol. The minimum absolute atomic E-state index is 0.0831. The second-order valence-electron chi connectivity index (χ2n) is 8.17. The van der Waals surface area contributed by atoms with Crippen molar-refractivity contribution in [2.75, 3.05) is 5.75 Å². The average Bonchev–Trinajstić information content (AvgIpc) is 2.96. The van der Waals surface area contributed by atoms with E-state index in [1.54, 1.807) is 0 Å². The van der Waals surface area contributed by atoms with Crippen LogP contribution in [0.3, 0.4) is 0 Å². The van der Waals surface area contributed by atoms with Gasteiger partial charge in [-0.25, -0.2) is 4.39 Å². The number of benzene rings is 1. The topological polar surface area (TPSA) is 94.8 Å². The molecule has 0 heterocycles. The van der Waals surface area contributed by atoms with Crippen molar-refractivity contribution in [2.45, 2.75) is 81.7 Å². The maximum absolute atomic E-state index is 13.1. The van der Waals surface area contributed by atoms with Crippen LogP contribution in [0.4, 0.5) is 4.39 Å². The van der Waals surface area contributed by atoms with Crippen LogP contribution in [-0.4, -0.2) is 50.3 Å². The maximum atomic E-state index is 13.1. The molecule has 0 bridgehead atoms. The van der Waals surface area contributed by atoms with Crippen LogP contribution in [0.2, 0.25) is 0 Å². The molecule has 5 atom stereocenters. The standard InChI is InChI=1S/C23H33FO5S/c1-2-6-17(25)14-30-22-19(20(26)13-21(22)27)8-5-3-4-7-18(23(28)29)15-9-11-16(24)12-10-15/h9-12,17-19,21-22,25,27H,2-8,13-14H2,1H3,(H,28,29)/t17?,18?,19-,21?,22+/m0/s1. The molecule has 1 aliphatic carbocycles. The Morgan fingerprint density at radius 2 is 1.90 bits per heavy atom. The predicted octanol–water partition coefficient (Wildman–Crippen LogP) is 4.16. The van der Waals surface area contributed by atoms with Crippen LogP contribution < -0.4 is 0 Å². The molecule has 7 heteroatoms. The van der Waals surface area contributed by atoms with Gasteiger partial charge in [0.1, 0.15) is 11.6 Å².